The molecule has 1 saturated heterocycles. The summed E-state index contributed by atoms with van der Waals surface area (Å²) in [5.74, 6) is -2.70. The number of nitrogens with zero attached hydrogens (tertiary/aromatic N) is 4. The average Bonchev–Trinajstić information content (AvgIpc) is 1.80. The molecular formula is C96H142N14O24S. The van der Waals surface area contributed by atoms with Crippen molar-refractivity contribution in [1.29, 1.82) is 0 Å². The molecule has 0 aromatic heterocycles. The number of nitrogens with two attached hydrogens (primary N) is 1. The maximum atomic E-state index is 14.9. The number of hydrogen-bond donors (Lipinski definition) is 12. The SMILES string of the molecule is CC[C@H](C)[C@@H]([C@@H](CC(=O)N1CCC[C@H]1[C@H](OC)[C@@H](C)C(=O)N[C@H](C)[C@@H](O)c1ccccc1)OC)N(C)C(=O)[C@@H](NC(=O)[C@H](C(C)C)N(C)C(=O)OCc1ccc(NC(=O)[C@H](CCCNC(N)=O)NC(=O)[C@@H](NC(=O)[C@@H](CCCC(=O)NCCS(=O)(=O)O)NC(=O)CCOCCOCCOCCOCCNC(=O)CCC(=O)N2Cc3ccccc3C#Cc3ccccc32)C(C)C)cc1)C(C)C. The number of methoxy groups -OCH3 is 2. The van der Waals surface area contributed by atoms with Crippen molar-refractivity contribution >= 4 is 98.6 Å². The van der Waals surface area contributed by atoms with E-state index in [0.717, 1.165) is 21.6 Å². The topological polar surface area (TPSA) is 508 Å². The van der Waals surface area contributed by atoms with Gasteiger partial charge in [-0.25, -0.2) is 9.59 Å². The summed E-state index contributed by atoms with van der Waals surface area (Å²) in [5, 5.41) is 35.3. The molecule has 746 valence electrons. The third-order valence-electron chi connectivity index (χ3n) is 23.6. The molecule has 39 heteroatoms. The van der Waals surface area contributed by atoms with Crippen molar-refractivity contribution in [2.45, 2.75) is 226 Å². The van der Waals surface area contributed by atoms with Crippen molar-refractivity contribution in [2.24, 2.45) is 35.3 Å². The summed E-state index contributed by atoms with van der Waals surface area (Å²) in [6.07, 6.45) is -2.23. The molecule has 0 saturated carbocycles. The van der Waals surface area contributed by atoms with Gasteiger partial charge in [0, 0.05) is 97.0 Å². The fourth-order valence-corrected chi connectivity index (χ4v) is 16.3. The van der Waals surface area contributed by atoms with Crippen molar-refractivity contribution in [1.82, 2.24) is 57.2 Å². The first-order valence-corrected chi connectivity index (χ1v) is 47.9. The molecule has 38 nitrogen and oxygen atoms in total. The number of nitrogens with one attached hydrogen (secondary N) is 9. The van der Waals surface area contributed by atoms with Crippen LogP contribution >= 0.6 is 0 Å². The average molecular weight is 1910 g/mol. The zero-order chi connectivity index (χ0) is 99.4. The number of fused-ring (bicyclic) bond motifs is 2. The van der Waals surface area contributed by atoms with Crippen LogP contribution in [-0.2, 0) is 109 Å². The highest BCUT2D eigenvalue weighted by Crippen LogP contribution is 2.32. The van der Waals surface area contributed by atoms with Crippen LogP contribution in [0.5, 0.6) is 0 Å². The van der Waals surface area contributed by atoms with Gasteiger partial charge >= 0.3 is 12.1 Å². The molecule has 0 aliphatic carbocycles. The van der Waals surface area contributed by atoms with Gasteiger partial charge in [0.15, 0.2) is 0 Å². The highest BCUT2D eigenvalue weighted by Gasteiger charge is 2.45. The van der Waals surface area contributed by atoms with Crippen LogP contribution < -0.4 is 58.5 Å². The van der Waals surface area contributed by atoms with Crippen molar-refractivity contribution in [3.05, 3.63) is 131 Å². The number of rotatable bonds is 59. The Morgan fingerprint density at radius 1 is 0.563 bits per heavy atom. The first-order chi connectivity index (χ1) is 64.3. The van der Waals surface area contributed by atoms with Gasteiger partial charge in [-0.3, -0.25) is 62.2 Å². The minimum Gasteiger partial charge on any atom is -0.445 e. The summed E-state index contributed by atoms with van der Waals surface area (Å²) in [7, 11) is 1.61. The van der Waals surface area contributed by atoms with Crippen LogP contribution in [0.1, 0.15) is 180 Å². The lowest BCUT2D eigenvalue weighted by atomic mass is 9.89. The maximum Gasteiger partial charge on any atom is 0.410 e. The van der Waals surface area contributed by atoms with Crippen molar-refractivity contribution < 1.29 is 114 Å². The number of amides is 14. The molecule has 4 aromatic rings. The van der Waals surface area contributed by atoms with Crippen LogP contribution in [0.25, 0.3) is 0 Å². The largest absolute Gasteiger partial charge is 0.445 e. The molecule has 0 radical (unpaired) electrons. The summed E-state index contributed by atoms with van der Waals surface area (Å²) in [6, 6.07) is 21.4. The summed E-state index contributed by atoms with van der Waals surface area (Å²) in [5.41, 5.74) is 9.84. The molecule has 13 atom stereocenters. The number of likely N-dealkylation sites (N-methyl/N-ethyl adjacent to an activating group) is 2. The Kier molecular flexibility index (Phi) is 48.6. The molecule has 0 spiro atoms. The molecule has 135 heavy (non-hydrogen) atoms. The fourth-order valence-electron chi connectivity index (χ4n) is 15.9. The van der Waals surface area contributed by atoms with E-state index in [2.05, 4.69) is 59.7 Å². The van der Waals surface area contributed by atoms with Gasteiger partial charge in [0.2, 0.25) is 65.0 Å². The normalized spacial score (nSPS) is 15.6. The number of anilines is 2. The standard InChI is InChI=1S/C96H142N14O24S/c1-15-64(8)86(77(128-13)58-82(115)109-48-25-34-76(109)88(129-14)65(9)89(117)101-66(10)87(116)70-28-17-16-18-29-70)107(11)94(122)84(62(4)5)106-93(121)85(63(6)7)108(12)96(124)134-60-67-36-40-72(41-37-67)102-90(118)74(32-24-45-100-95(97)123)104-92(120)83(61(2)3)105-91(119)73(31-23-35-78(111)99-47-57-135(125,126)127)103-80(113)44-49-130-51-53-132-55-56-133-54-52-131-50-46-98-79(112)42-43-81(114)110-59-71-30-20-19-26-68(71)38-39-69-27-21-22-33-75(69)110/h16-22,26-30,33,36-37,40-41,61-66,73-74,76-77,83-88,116H,15,23-25,31-32,34-35,42-60H2,1-14H3,(H,98,112)(H,99,111)(H,101,117)(H,102,118)(H,103,113)(H,104,120)(H,105,119)(H,106,121)(H3,97,100,123)(H,125,126,127)/t64-,65+,66+,73+,74-,76-,77+,83-,84-,85-,86-,87+,88+/m0/s1. The van der Waals surface area contributed by atoms with Crippen molar-refractivity contribution in [3.63, 3.8) is 0 Å². The molecule has 2 aliphatic rings. The number of ether oxygens (including phenoxy) is 7. The number of urea groups is 1. The second-order valence-electron chi connectivity index (χ2n) is 34.8. The van der Waals surface area contributed by atoms with E-state index < -0.39 is 166 Å². The van der Waals surface area contributed by atoms with Crippen molar-refractivity contribution in [2.75, 3.05) is 123 Å². The van der Waals surface area contributed by atoms with Gasteiger partial charge in [0.05, 0.1) is 120 Å². The van der Waals surface area contributed by atoms with Gasteiger partial charge in [-0.2, -0.15) is 8.42 Å². The summed E-state index contributed by atoms with van der Waals surface area (Å²) < 4.78 is 71.9. The highest BCUT2D eigenvalue weighted by atomic mass is 32.2. The Labute approximate surface area is 793 Å². The molecule has 2 heterocycles. The quantitative estimate of drug-likeness (QED) is 0.0146. The van der Waals surface area contributed by atoms with E-state index in [1.54, 1.807) is 109 Å². The van der Waals surface area contributed by atoms with Gasteiger partial charge in [0.1, 0.15) is 36.8 Å². The summed E-state index contributed by atoms with van der Waals surface area (Å²) >= 11 is 0. The van der Waals surface area contributed by atoms with E-state index in [0.29, 0.717) is 49.2 Å². The number of hydrogen-bond acceptors (Lipinski definition) is 23. The predicted octanol–water partition coefficient (Wildman–Crippen LogP) is 5.55. The second-order valence-corrected chi connectivity index (χ2v) is 36.4. The van der Waals surface area contributed by atoms with E-state index >= 15 is 0 Å². The molecule has 14 amide bonds. The predicted molar refractivity (Wildman–Crippen MR) is 504 cm³/mol. The lowest BCUT2D eigenvalue weighted by Gasteiger charge is -2.41. The zero-order valence-corrected chi connectivity index (χ0v) is 81.1. The van der Waals surface area contributed by atoms with Crippen molar-refractivity contribution in [3.8, 4) is 11.8 Å². The minimum atomic E-state index is -4.39. The molecular weight excluding hydrogens is 1770 g/mol. The monoisotopic (exact) mass is 1910 g/mol. The number of carbonyl (C=O) groups is 13. The van der Waals surface area contributed by atoms with Crippen LogP contribution in [-0.4, -0.2) is 284 Å². The molecule has 4 aromatic carbocycles. The minimum absolute atomic E-state index is 0.000304. The summed E-state index contributed by atoms with van der Waals surface area (Å²) in [6.45, 7) is 19.2. The van der Waals surface area contributed by atoms with Crippen LogP contribution in [0.3, 0.4) is 0 Å². The fraction of sp³-hybridized carbons (Fsp3) is 0.594. The Balaban J connectivity index is 0.968. The van der Waals surface area contributed by atoms with Gasteiger partial charge in [0.25, 0.3) is 10.1 Å². The lowest BCUT2D eigenvalue weighted by Crippen LogP contribution is -2.60. The molecule has 1 fully saturated rings. The third-order valence-corrected chi connectivity index (χ3v) is 24.4. The first kappa shape index (κ1) is 113. The molecule has 2 aliphatic heterocycles. The number of carbonyl (C=O) groups excluding carboxylic acids is 13. The number of likely N-dealkylation sites (tertiary alicyclic amines) is 1. The van der Waals surface area contributed by atoms with E-state index in [4.69, 9.17) is 43.4 Å². The van der Waals surface area contributed by atoms with E-state index in [1.165, 1.54) is 38.3 Å². The number of primary amides is 1. The summed E-state index contributed by atoms with van der Waals surface area (Å²) in [4.78, 5) is 185. The molecule has 0 bridgehead atoms. The lowest BCUT2D eigenvalue weighted by molar-refractivity contribution is -0.148. The highest BCUT2D eigenvalue weighted by molar-refractivity contribution is 7.85. The van der Waals surface area contributed by atoms with Gasteiger partial charge in [-0.05, 0) is 116 Å². The maximum absolute atomic E-state index is 14.9. The number of aliphatic hydroxyl groups is 1. The Morgan fingerprint density at radius 3 is 1.77 bits per heavy atom. The van der Waals surface area contributed by atoms with Crippen LogP contribution in [0, 0.1) is 41.4 Å². The smallest absolute Gasteiger partial charge is 0.410 e. The van der Waals surface area contributed by atoms with E-state index in [-0.39, 0.29) is 166 Å². The molecule has 0 unspecified atom stereocenters. The van der Waals surface area contributed by atoms with E-state index in [1.807, 2.05) is 68.4 Å². The Morgan fingerprint density at radius 2 is 1.15 bits per heavy atom. The van der Waals surface area contributed by atoms with Crippen LogP contribution in [0.2, 0.25) is 0 Å². The number of benzene rings is 4. The third kappa shape index (κ3) is 37.8. The zero-order valence-electron chi connectivity index (χ0n) is 80.3. The Hall–Kier alpha value is -11.2. The molecule has 6 rings (SSSR count). The second kappa shape index (κ2) is 58.3. The number of para-hydroxylation sites is 1. The number of aliphatic hydroxyl groups excluding tert-OH is 1. The van der Waals surface area contributed by atoms with Gasteiger partial charge < -0.3 is 107 Å². The first-order valence-electron chi connectivity index (χ1n) is 46.3. The van der Waals surface area contributed by atoms with Gasteiger partial charge in [-0.1, -0.05) is 153 Å². The molecule has 13 N–H and O–H groups in total. The van der Waals surface area contributed by atoms with Crippen LogP contribution in [0.15, 0.2) is 103 Å². The van der Waals surface area contributed by atoms with Gasteiger partial charge in [-0.15, -0.1) is 0 Å². The Bertz CT molecular complexity index is 4690. The van der Waals surface area contributed by atoms with Crippen LogP contribution in [0.4, 0.5) is 21.0 Å². The van der Waals surface area contributed by atoms with E-state index in [9.17, 15) is 75.9 Å².